The largest absolute Gasteiger partial charge is 0.368 e. The van der Waals surface area contributed by atoms with Crippen LogP contribution in [0.3, 0.4) is 0 Å². The number of carbonyl (C=O) groups excluding carboxylic acids is 1. The molecule has 164 valence electrons. The average molecular weight is 447 g/mol. The predicted octanol–water partition coefficient (Wildman–Crippen LogP) is 3.47. The second-order valence-corrected chi connectivity index (χ2v) is 9.29. The number of benzene rings is 2. The first-order chi connectivity index (χ1) is 15.6. The van der Waals surface area contributed by atoms with Crippen LogP contribution in [-0.2, 0) is 6.42 Å². The van der Waals surface area contributed by atoms with E-state index in [0.717, 1.165) is 65.0 Å². The normalized spacial score (nSPS) is 14.8. The number of rotatable bonds is 5. The summed E-state index contributed by atoms with van der Waals surface area (Å²) >= 11 is 1.54. The van der Waals surface area contributed by atoms with Crippen molar-refractivity contribution in [3.8, 4) is 0 Å². The van der Waals surface area contributed by atoms with Gasteiger partial charge in [0.25, 0.3) is 5.91 Å². The third-order valence-corrected chi connectivity index (χ3v) is 7.31. The van der Waals surface area contributed by atoms with E-state index in [-0.39, 0.29) is 11.5 Å². The number of fused-ring (bicyclic) bond motifs is 2. The number of nitrogens with zero attached hydrogens (tertiary/aromatic N) is 2. The molecule has 4 aromatic rings. The highest BCUT2D eigenvalue weighted by molar-refractivity contribution is 7.20. The number of pyridine rings is 1. The van der Waals surface area contributed by atoms with Crippen LogP contribution in [0.15, 0.2) is 59.4 Å². The van der Waals surface area contributed by atoms with E-state index in [1.54, 1.807) is 24.5 Å². The summed E-state index contributed by atoms with van der Waals surface area (Å²) in [5.74, 6) is -0.0280. The Morgan fingerprint density at radius 1 is 1.06 bits per heavy atom. The number of hydrogen-bond acceptors (Lipinski definition) is 5. The van der Waals surface area contributed by atoms with Crippen LogP contribution < -0.4 is 15.8 Å². The lowest BCUT2D eigenvalue weighted by Crippen LogP contribution is -2.47. The number of amides is 1. The molecule has 2 aromatic heterocycles. The zero-order valence-corrected chi connectivity index (χ0v) is 18.9. The summed E-state index contributed by atoms with van der Waals surface area (Å²) in [5, 5.41) is 4.94. The second-order valence-electron chi connectivity index (χ2n) is 8.20. The Labute approximate surface area is 190 Å². The average Bonchev–Trinajstić information content (AvgIpc) is 3.27. The highest BCUT2D eigenvalue weighted by Crippen LogP contribution is 2.34. The van der Waals surface area contributed by atoms with Crippen LogP contribution >= 0.6 is 11.3 Å². The molecular formula is C25H26N4O2S. The summed E-state index contributed by atoms with van der Waals surface area (Å²) in [7, 11) is 1.67. The maximum atomic E-state index is 12.1. The van der Waals surface area contributed by atoms with Crippen LogP contribution in [0.5, 0.6) is 0 Å². The Hall–Kier alpha value is -3.16. The van der Waals surface area contributed by atoms with Crippen molar-refractivity contribution < 1.29 is 4.79 Å². The Balaban J connectivity index is 1.23. The summed E-state index contributed by atoms with van der Waals surface area (Å²) in [5.41, 5.74) is 3.30. The van der Waals surface area contributed by atoms with Gasteiger partial charge >= 0.3 is 0 Å². The zero-order valence-electron chi connectivity index (χ0n) is 18.1. The maximum Gasteiger partial charge on any atom is 0.261 e. The van der Waals surface area contributed by atoms with Gasteiger partial charge in [0, 0.05) is 67.1 Å². The third-order valence-electron chi connectivity index (χ3n) is 6.21. The van der Waals surface area contributed by atoms with E-state index in [0.29, 0.717) is 0 Å². The fourth-order valence-corrected chi connectivity index (χ4v) is 5.44. The molecule has 3 heterocycles. The summed E-state index contributed by atoms with van der Waals surface area (Å²) in [6.45, 7) is 4.95. The highest BCUT2D eigenvalue weighted by atomic mass is 32.1. The topological polar surface area (TPSA) is 68.4 Å². The molecule has 0 aliphatic carbocycles. The summed E-state index contributed by atoms with van der Waals surface area (Å²) in [6.07, 6.45) is 0.961. The molecule has 2 N–H and O–H groups in total. The van der Waals surface area contributed by atoms with Crippen LogP contribution in [0.25, 0.3) is 21.0 Å². The smallest absolute Gasteiger partial charge is 0.261 e. The number of nitrogens with one attached hydrogen (secondary N) is 2. The summed E-state index contributed by atoms with van der Waals surface area (Å²) in [6, 6.07) is 18.1. The van der Waals surface area contributed by atoms with Gasteiger partial charge in [-0.2, -0.15) is 0 Å². The van der Waals surface area contributed by atoms with E-state index in [1.807, 2.05) is 12.1 Å². The zero-order chi connectivity index (χ0) is 22.1. The van der Waals surface area contributed by atoms with Gasteiger partial charge in [0.15, 0.2) is 0 Å². The monoisotopic (exact) mass is 446 g/mol. The van der Waals surface area contributed by atoms with Crippen molar-refractivity contribution in [1.82, 2.24) is 15.2 Å². The molecule has 0 spiro atoms. The molecule has 7 heteroatoms. The number of anilines is 1. The van der Waals surface area contributed by atoms with E-state index < -0.39 is 0 Å². The van der Waals surface area contributed by atoms with Gasteiger partial charge in [-0.25, -0.2) is 0 Å². The highest BCUT2D eigenvalue weighted by Gasteiger charge is 2.20. The lowest BCUT2D eigenvalue weighted by molar-refractivity contribution is 0.0967. The number of H-pyrrole nitrogens is 1. The minimum Gasteiger partial charge on any atom is -0.368 e. The SMILES string of the molecule is CNC(=O)c1cc2c(N3CCN(CCc4ccc5ccc(=O)[nH]c5c4)CC3)cccc2s1. The molecule has 0 unspecified atom stereocenters. The van der Waals surface area contributed by atoms with Gasteiger partial charge in [0.1, 0.15) is 0 Å². The van der Waals surface area contributed by atoms with Gasteiger partial charge in [-0.3, -0.25) is 14.5 Å². The van der Waals surface area contributed by atoms with E-state index in [2.05, 4.69) is 56.5 Å². The van der Waals surface area contributed by atoms with Crippen molar-refractivity contribution in [2.24, 2.45) is 0 Å². The Morgan fingerprint density at radius 2 is 1.88 bits per heavy atom. The van der Waals surface area contributed by atoms with Gasteiger partial charge < -0.3 is 15.2 Å². The van der Waals surface area contributed by atoms with Crippen LogP contribution in [0.2, 0.25) is 0 Å². The van der Waals surface area contributed by atoms with Gasteiger partial charge in [0.05, 0.1) is 4.88 Å². The quantitative estimate of drug-likeness (QED) is 0.493. The molecule has 1 amide bonds. The van der Waals surface area contributed by atoms with E-state index >= 15 is 0 Å². The lowest BCUT2D eigenvalue weighted by Gasteiger charge is -2.36. The van der Waals surface area contributed by atoms with Crippen LogP contribution in [-0.4, -0.2) is 55.6 Å². The minimum atomic E-state index is -0.0612. The summed E-state index contributed by atoms with van der Waals surface area (Å²) in [4.78, 5) is 32.2. The van der Waals surface area contributed by atoms with Crippen molar-refractivity contribution in [2.45, 2.75) is 6.42 Å². The number of thiophene rings is 1. The number of aromatic amines is 1. The van der Waals surface area contributed by atoms with Crippen molar-refractivity contribution in [1.29, 1.82) is 0 Å². The number of piperazine rings is 1. The molecule has 6 nitrogen and oxygen atoms in total. The minimum absolute atomic E-state index is 0.0280. The molecule has 1 saturated heterocycles. The number of aromatic nitrogens is 1. The summed E-state index contributed by atoms with van der Waals surface area (Å²) < 4.78 is 1.15. The van der Waals surface area contributed by atoms with Crippen molar-refractivity contribution in [3.63, 3.8) is 0 Å². The fraction of sp³-hybridized carbons (Fsp3) is 0.280. The molecular weight excluding hydrogens is 420 g/mol. The molecule has 2 aromatic carbocycles. The molecule has 0 bridgehead atoms. The third kappa shape index (κ3) is 4.13. The van der Waals surface area contributed by atoms with Crippen LogP contribution in [0, 0.1) is 0 Å². The van der Waals surface area contributed by atoms with Crippen molar-refractivity contribution in [2.75, 3.05) is 44.7 Å². The molecule has 0 saturated carbocycles. The molecule has 5 rings (SSSR count). The van der Waals surface area contributed by atoms with E-state index in [9.17, 15) is 9.59 Å². The van der Waals surface area contributed by atoms with Gasteiger partial charge in [-0.1, -0.05) is 18.2 Å². The van der Waals surface area contributed by atoms with Crippen LogP contribution in [0.4, 0.5) is 5.69 Å². The molecule has 0 radical (unpaired) electrons. The van der Waals surface area contributed by atoms with Gasteiger partial charge in [-0.05, 0) is 47.7 Å². The van der Waals surface area contributed by atoms with E-state index in [4.69, 9.17) is 0 Å². The Kier molecular flexibility index (Phi) is 5.68. The molecule has 1 aliphatic rings. The van der Waals surface area contributed by atoms with Crippen molar-refractivity contribution in [3.05, 3.63) is 75.4 Å². The van der Waals surface area contributed by atoms with Crippen LogP contribution in [0.1, 0.15) is 15.2 Å². The van der Waals surface area contributed by atoms with Gasteiger partial charge in [-0.15, -0.1) is 11.3 Å². The van der Waals surface area contributed by atoms with Gasteiger partial charge in [0.2, 0.25) is 5.56 Å². The number of carbonyl (C=O) groups is 1. The molecule has 32 heavy (non-hydrogen) atoms. The first kappa shape index (κ1) is 20.7. The Bertz CT molecular complexity index is 1330. The second kappa shape index (κ2) is 8.76. The molecule has 0 atom stereocenters. The number of hydrogen-bond donors (Lipinski definition) is 2. The maximum absolute atomic E-state index is 12.1. The molecule has 1 aliphatic heterocycles. The van der Waals surface area contributed by atoms with Crippen molar-refractivity contribution >= 4 is 43.9 Å². The standard InChI is InChI=1S/C25H26N4O2S/c1-26-25(31)23-16-19-21(3-2-4-22(19)32-23)29-13-11-28(12-14-29)10-9-17-5-6-18-7-8-24(30)27-20(18)15-17/h2-8,15-16H,9-14H2,1H3,(H,26,31)(H,27,30). The van der Waals surface area contributed by atoms with E-state index in [1.165, 1.54) is 11.3 Å². The Morgan fingerprint density at radius 3 is 2.69 bits per heavy atom. The lowest BCUT2D eigenvalue weighted by atomic mass is 10.1. The predicted molar refractivity (Wildman–Crippen MR) is 132 cm³/mol. The fourth-order valence-electron chi connectivity index (χ4n) is 4.41. The first-order valence-electron chi connectivity index (χ1n) is 10.9. The first-order valence-corrected chi connectivity index (χ1v) is 11.8. The molecule has 1 fully saturated rings.